The van der Waals surface area contributed by atoms with Crippen LogP contribution in [-0.2, 0) is 0 Å². The van der Waals surface area contributed by atoms with Gasteiger partial charge < -0.3 is 0 Å². The molecule has 112 valence electrons. The van der Waals surface area contributed by atoms with Crippen molar-refractivity contribution in [3.63, 3.8) is 0 Å². The number of rotatable bonds is 6. The summed E-state index contributed by atoms with van der Waals surface area (Å²) in [6, 6.07) is 12.0. The Morgan fingerprint density at radius 1 is 1.38 bits per heavy atom. The fourth-order valence-corrected chi connectivity index (χ4v) is 4.54. The van der Waals surface area contributed by atoms with Gasteiger partial charge >= 0.3 is 0 Å². The second-order valence-corrected chi connectivity index (χ2v) is 7.71. The van der Waals surface area contributed by atoms with Gasteiger partial charge in [0.2, 0.25) is 0 Å². The van der Waals surface area contributed by atoms with Gasteiger partial charge in [-0.3, -0.25) is 5.32 Å². The quantitative estimate of drug-likeness (QED) is 0.796. The fourth-order valence-electron chi connectivity index (χ4n) is 3.45. The first kappa shape index (κ1) is 14.9. The van der Waals surface area contributed by atoms with E-state index in [1.54, 1.807) is 0 Å². The van der Waals surface area contributed by atoms with E-state index in [-0.39, 0.29) is 5.54 Å². The van der Waals surface area contributed by atoms with Crippen molar-refractivity contribution >= 4 is 11.8 Å². The van der Waals surface area contributed by atoms with Crippen molar-refractivity contribution in [3.8, 4) is 6.07 Å². The molecule has 0 spiro atoms. The highest BCUT2D eigenvalue weighted by atomic mass is 32.2. The predicted molar refractivity (Wildman–Crippen MR) is 88.4 cm³/mol. The molecule has 1 N–H and O–H groups in total. The third-order valence-electron chi connectivity index (χ3n) is 4.78. The molecule has 0 aromatic heterocycles. The van der Waals surface area contributed by atoms with Crippen molar-refractivity contribution in [2.75, 3.05) is 5.75 Å². The monoisotopic (exact) mass is 300 g/mol. The SMILES string of the molecule is Cc1cccc(SCCC2CCCC2(C#N)NC2CC2)c1. The molecule has 0 amide bonds. The average molecular weight is 300 g/mol. The van der Waals surface area contributed by atoms with Gasteiger partial charge in [0.25, 0.3) is 0 Å². The Balaban J connectivity index is 1.55. The van der Waals surface area contributed by atoms with Gasteiger partial charge in [-0.15, -0.1) is 11.8 Å². The minimum absolute atomic E-state index is 0.228. The van der Waals surface area contributed by atoms with Crippen LogP contribution in [0.2, 0.25) is 0 Å². The zero-order valence-electron chi connectivity index (χ0n) is 12.8. The fraction of sp³-hybridized carbons (Fsp3) is 0.611. The molecule has 2 atom stereocenters. The van der Waals surface area contributed by atoms with Crippen molar-refractivity contribution < 1.29 is 0 Å². The summed E-state index contributed by atoms with van der Waals surface area (Å²) in [6.07, 6.45) is 7.11. The van der Waals surface area contributed by atoms with E-state index in [0.717, 1.165) is 18.6 Å². The molecule has 2 aliphatic rings. The molecule has 0 heterocycles. The van der Waals surface area contributed by atoms with E-state index in [0.29, 0.717) is 12.0 Å². The van der Waals surface area contributed by atoms with Crippen LogP contribution in [0.25, 0.3) is 0 Å². The summed E-state index contributed by atoms with van der Waals surface area (Å²) in [5, 5.41) is 13.4. The third kappa shape index (κ3) is 3.62. The van der Waals surface area contributed by atoms with Gasteiger partial charge in [-0.05, 0) is 62.8 Å². The van der Waals surface area contributed by atoms with Crippen molar-refractivity contribution in [3.05, 3.63) is 29.8 Å². The zero-order valence-corrected chi connectivity index (χ0v) is 13.6. The van der Waals surface area contributed by atoms with E-state index < -0.39 is 0 Å². The van der Waals surface area contributed by atoms with Crippen LogP contribution in [0.4, 0.5) is 0 Å². The summed E-state index contributed by atoms with van der Waals surface area (Å²) in [5.41, 5.74) is 1.09. The molecule has 0 bridgehead atoms. The number of nitrogens with zero attached hydrogens (tertiary/aromatic N) is 1. The lowest BCUT2D eigenvalue weighted by Gasteiger charge is -2.30. The number of nitrogens with one attached hydrogen (secondary N) is 1. The molecule has 2 unspecified atom stereocenters. The lowest BCUT2D eigenvalue weighted by molar-refractivity contribution is 0.308. The Hall–Kier alpha value is -0.980. The van der Waals surface area contributed by atoms with E-state index in [9.17, 15) is 5.26 Å². The van der Waals surface area contributed by atoms with Crippen LogP contribution in [0.15, 0.2) is 29.2 Å². The molecular formula is C18H24N2S. The van der Waals surface area contributed by atoms with Gasteiger partial charge in [-0.2, -0.15) is 5.26 Å². The minimum Gasteiger partial charge on any atom is -0.296 e. The molecule has 0 saturated heterocycles. The number of hydrogen-bond acceptors (Lipinski definition) is 3. The summed E-state index contributed by atoms with van der Waals surface area (Å²) >= 11 is 1.93. The maximum absolute atomic E-state index is 9.70. The Kier molecular flexibility index (Phi) is 4.57. The van der Waals surface area contributed by atoms with Gasteiger partial charge in [-0.25, -0.2) is 0 Å². The highest BCUT2D eigenvalue weighted by Crippen LogP contribution is 2.41. The molecule has 2 aliphatic carbocycles. The first-order chi connectivity index (χ1) is 10.2. The van der Waals surface area contributed by atoms with E-state index in [1.807, 2.05) is 11.8 Å². The smallest absolute Gasteiger partial charge is 0.109 e. The molecule has 1 aromatic rings. The van der Waals surface area contributed by atoms with E-state index >= 15 is 0 Å². The molecule has 1 aromatic carbocycles. The molecule has 2 saturated carbocycles. The number of aryl methyl sites for hydroxylation is 1. The number of thioether (sulfide) groups is 1. The van der Waals surface area contributed by atoms with Crippen molar-refractivity contribution in [1.82, 2.24) is 5.32 Å². The summed E-state index contributed by atoms with van der Waals surface area (Å²) < 4.78 is 0. The number of hydrogen-bond donors (Lipinski definition) is 1. The van der Waals surface area contributed by atoms with Gasteiger partial charge in [-0.1, -0.05) is 24.1 Å². The highest BCUT2D eigenvalue weighted by molar-refractivity contribution is 7.99. The first-order valence-electron chi connectivity index (χ1n) is 8.10. The first-order valence-corrected chi connectivity index (χ1v) is 9.09. The van der Waals surface area contributed by atoms with Crippen molar-refractivity contribution in [2.45, 2.75) is 61.9 Å². The van der Waals surface area contributed by atoms with Crippen LogP contribution in [0.5, 0.6) is 0 Å². The second-order valence-electron chi connectivity index (χ2n) is 6.54. The number of benzene rings is 1. The predicted octanol–water partition coefficient (Wildman–Crippen LogP) is 4.29. The van der Waals surface area contributed by atoms with Gasteiger partial charge in [0.05, 0.1) is 6.07 Å². The topological polar surface area (TPSA) is 35.8 Å². The van der Waals surface area contributed by atoms with Gasteiger partial charge in [0.15, 0.2) is 0 Å². The minimum atomic E-state index is -0.228. The largest absolute Gasteiger partial charge is 0.296 e. The third-order valence-corrected chi connectivity index (χ3v) is 5.81. The van der Waals surface area contributed by atoms with Crippen LogP contribution in [0.1, 0.15) is 44.1 Å². The Morgan fingerprint density at radius 3 is 2.95 bits per heavy atom. The lowest BCUT2D eigenvalue weighted by atomic mass is 9.86. The van der Waals surface area contributed by atoms with Crippen molar-refractivity contribution in [2.24, 2.45) is 5.92 Å². The van der Waals surface area contributed by atoms with Crippen LogP contribution >= 0.6 is 11.8 Å². The van der Waals surface area contributed by atoms with Crippen LogP contribution < -0.4 is 5.32 Å². The summed E-state index contributed by atoms with van der Waals surface area (Å²) in [4.78, 5) is 1.35. The van der Waals surface area contributed by atoms with Crippen LogP contribution in [-0.4, -0.2) is 17.3 Å². The van der Waals surface area contributed by atoms with Crippen LogP contribution in [0.3, 0.4) is 0 Å². The maximum atomic E-state index is 9.70. The molecule has 0 aliphatic heterocycles. The normalized spacial score (nSPS) is 28.5. The van der Waals surface area contributed by atoms with E-state index in [2.05, 4.69) is 42.6 Å². The Labute approximate surface area is 132 Å². The highest BCUT2D eigenvalue weighted by Gasteiger charge is 2.45. The molecule has 21 heavy (non-hydrogen) atoms. The van der Waals surface area contributed by atoms with Crippen LogP contribution in [0, 0.1) is 24.2 Å². The summed E-state index contributed by atoms with van der Waals surface area (Å²) in [6.45, 7) is 2.14. The van der Waals surface area contributed by atoms with Gasteiger partial charge in [0, 0.05) is 10.9 Å². The Morgan fingerprint density at radius 2 is 2.24 bits per heavy atom. The lowest BCUT2D eigenvalue weighted by Crippen LogP contribution is -2.48. The van der Waals surface area contributed by atoms with E-state index in [4.69, 9.17) is 0 Å². The average Bonchev–Trinajstić information content (AvgIpc) is 3.20. The molecule has 2 fully saturated rings. The number of nitriles is 1. The molecule has 2 nitrogen and oxygen atoms in total. The standard InChI is InChI=1S/C18H24N2S/c1-14-4-2-6-17(12-14)21-11-9-15-5-3-10-18(15,13-19)20-16-7-8-16/h2,4,6,12,15-16,20H,3,5,7-11H2,1H3. The zero-order chi connectivity index (χ0) is 14.7. The van der Waals surface area contributed by atoms with E-state index in [1.165, 1.54) is 36.1 Å². The van der Waals surface area contributed by atoms with Crippen molar-refractivity contribution in [1.29, 1.82) is 5.26 Å². The maximum Gasteiger partial charge on any atom is 0.109 e. The molecule has 0 radical (unpaired) electrons. The molecule has 3 rings (SSSR count). The summed E-state index contributed by atoms with van der Waals surface area (Å²) in [7, 11) is 0. The molecule has 3 heteroatoms. The Bertz CT molecular complexity index is 532. The second kappa shape index (κ2) is 6.42. The summed E-state index contributed by atoms with van der Waals surface area (Å²) in [5.74, 6) is 1.64. The van der Waals surface area contributed by atoms with Gasteiger partial charge in [0.1, 0.15) is 5.54 Å². The molecular weight excluding hydrogens is 276 g/mol.